The molecule has 0 aliphatic rings. The molecule has 3 nitrogen and oxygen atoms in total. The minimum atomic E-state index is -3.18. The molecule has 0 aromatic carbocycles. The van der Waals surface area contributed by atoms with E-state index in [2.05, 4.69) is 4.98 Å². The third kappa shape index (κ3) is 1.79. The summed E-state index contributed by atoms with van der Waals surface area (Å²) < 4.78 is 37.4. The molecule has 0 radical (unpaired) electrons. The van der Waals surface area contributed by atoms with Crippen LogP contribution < -0.4 is 0 Å². The van der Waals surface area contributed by atoms with E-state index in [1.807, 2.05) is 0 Å². The number of pyridine rings is 1. The second-order valence-corrected chi connectivity index (χ2v) is 2.70. The van der Waals surface area contributed by atoms with Crippen molar-refractivity contribution in [2.75, 3.05) is 0 Å². The van der Waals surface area contributed by atoms with E-state index in [1.165, 1.54) is 0 Å². The van der Waals surface area contributed by atoms with Crippen molar-refractivity contribution in [1.82, 2.24) is 4.98 Å². The number of hydrogen-bond acceptors (Lipinski definition) is 2. The van der Waals surface area contributed by atoms with Gasteiger partial charge in [0.15, 0.2) is 11.5 Å². The monoisotopic (exact) mass is 225 g/mol. The van der Waals surface area contributed by atoms with Crippen molar-refractivity contribution >= 4 is 17.6 Å². The van der Waals surface area contributed by atoms with Gasteiger partial charge >= 0.3 is 5.97 Å². The minimum absolute atomic E-state index is 0.595. The van der Waals surface area contributed by atoms with Gasteiger partial charge in [0.25, 0.3) is 6.43 Å². The van der Waals surface area contributed by atoms with E-state index >= 15 is 0 Å². The zero-order chi connectivity index (χ0) is 10.9. The molecule has 1 N–H and O–H groups in total. The Balaban J connectivity index is 3.41. The highest BCUT2D eigenvalue weighted by Crippen LogP contribution is 2.29. The van der Waals surface area contributed by atoms with Crippen LogP contribution in [0.5, 0.6) is 0 Å². The van der Waals surface area contributed by atoms with Crippen molar-refractivity contribution < 1.29 is 23.1 Å². The van der Waals surface area contributed by atoms with Crippen LogP contribution in [0, 0.1) is 5.82 Å². The van der Waals surface area contributed by atoms with E-state index in [-0.39, 0.29) is 0 Å². The minimum Gasteiger partial charge on any atom is -0.476 e. The van der Waals surface area contributed by atoms with Crippen LogP contribution in [0.3, 0.4) is 0 Å². The SMILES string of the molecule is O=C(O)c1ncc(Cl)c(C(F)F)c1F. The number of carbonyl (C=O) groups is 1. The number of carboxylic acid groups (broad SMARTS) is 1. The van der Waals surface area contributed by atoms with Gasteiger partial charge in [-0.1, -0.05) is 11.6 Å². The lowest BCUT2D eigenvalue weighted by atomic mass is 10.2. The summed E-state index contributed by atoms with van der Waals surface area (Å²) in [5, 5.41) is 7.78. The van der Waals surface area contributed by atoms with Crippen molar-refractivity contribution in [3.05, 3.63) is 28.3 Å². The van der Waals surface area contributed by atoms with Gasteiger partial charge in [0.1, 0.15) is 0 Å². The van der Waals surface area contributed by atoms with Crippen LogP contribution in [0.4, 0.5) is 13.2 Å². The smallest absolute Gasteiger partial charge is 0.357 e. The van der Waals surface area contributed by atoms with Gasteiger partial charge in [-0.25, -0.2) is 22.9 Å². The lowest BCUT2D eigenvalue weighted by Crippen LogP contribution is -2.07. The van der Waals surface area contributed by atoms with Crippen LogP contribution >= 0.6 is 11.6 Å². The second kappa shape index (κ2) is 3.83. The molecule has 0 aliphatic carbocycles. The molecule has 1 rings (SSSR count). The molecule has 0 saturated heterocycles. The summed E-state index contributed by atoms with van der Waals surface area (Å²) in [7, 11) is 0. The van der Waals surface area contributed by atoms with Crippen molar-refractivity contribution in [3.8, 4) is 0 Å². The normalized spacial score (nSPS) is 10.6. The highest BCUT2D eigenvalue weighted by Gasteiger charge is 2.24. The summed E-state index contributed by atoms with van der Waals surface area (Å²) in [6.07, 6.45) is -2.50. The maximum absolute atomic E-state index is 13.0. The fourth-order valence-corrected chi connectivity index (χ4v) is 1.04. The number of alkyl halides is 2. The van der Waals surface area contributed by atoms with Gasteiger partial charge in [0.05, 0.1) is 10.6 Å². The predicted octanol–water partition coefficient (Wildman–Crippen LogP) is 2.51. The molecule has 1 aromatic rings. The number of aromatic carboxylic acids is 1. The van der Waals surface area contributed by atoms with Gasteiger partial charge in [-0.3, -0.25) is 0 Å². The molecule has 76 valence electrons. The van der Waals surface area contributed by atoms with Gasteiger partial charge in [0.2, 0.25) is 0 Å². The fourth-order valence-electron chi connectivity index (χ4n) is 0.829. The van der Waals surface area contributed by atoms with Gasteiger partial charge in [-0.2, -0.15) is 0 Å². The van der Waals surface area contributed by atoms with Crippen LogP contribution in [-0.4, -0.2) is 16.1 Å². The van der Waals surface area contributed by atoms with Gasteiger partial charge < -0.3 is 5.11 Å². The Hall–Kier alpha value is -1.30. The Labute approximate surface area is 81.1 Å². The quantitative estimate of drug-likeness (QED) is 0.841. The molecule has 0 spiro atoms. The van der Waals surface area contributed by atoms with Crippen LogP contribution in [0.15, 0.2) is 6.20 Å². The zero-order valence-electron chi connectivity index (χ0n) is 6.47. The number of aromatic nitrogens is 1. The average molecular weight is 226 g/mol. The van der Waals surface area contributed by atoms with Crippen LogP contribution in [0.2, 0.25) is 5.02 Å². The van der Waals surface area contributed by atoms with Gasteiger partial charge in [-0.15, -0.1) is 0 Å². The number of hydrogen-bond donors (Lipinski definition) is 1. The molecule has 1 heterocycles. The summed E-state index contributed by atoms with van der Waals surface area (Å²) >= 11 is 5.23. The van der Waals surface area contributed by atoms with Crippen molar-refractivity contribution in [2.24, 2.45) is 0 Å². The summed E-state index contributed by atoms with van der Waals surface area (Å²) in [4.78, 5) is 13.4. The van der Waals surface area contributed by atoms with E-state index in [0.717, 1.165) is 0 Å². The molecule has 14 heavy (non-hydrogen) atoms. The molecule has 1 aromatic heterocycles. The van der Waals surface area contributed by atoms with Gasteiger partial charge in [-0.05, 0) is 0 Å². The molecule has 0 aliphatic heterocycles. The standard InChI is InChI=1S/C7H3ClF3NO2/c8-2-1-12-5(7(13)14)4(9)3(2)6(10)11/h1,6H,(H,13,14). The van der Waals surface area contributed by atoms with Crippen molar-refractivity contribution in [1.29, 1.82) is 0 Å². The highest BCUT2D eigenvalue weighted by atomic mass is 35.5. The van der Waals surface area contributed by atoms with E-state index in [0.29, 0.717) is 6.20 Å². The molecule has 0 atom stereocenters. The second-order valence-electron chi connectivity index (χ2n) is 2.29. The first-order chi connectivity index (χ1) is 6.45. The molecular weight excluding hydrogens is 223 g/mol. The first-order valence-electron chi connectivity index (χ1n) is 3.30. The first-order valence-corrected chi connectivity index (χ1v) is 3.68. The topological polar surface area (TPSA) is 50.2 Å². The molecular formula is C7H3ClF3NO2. The third-order valence-corrected chi connectivity index (χ3v) is 1.73. The molecule has 0 amide bonds. The van der Waals surface area contributed by atoms with Crippen LogP contribution in [0.1, 0.15) is 22.5 Å². The van der Waals surface area contributed by atoms with Crippen LogP contribution in [0.25, 0.3) is 0 Å². The largest absolute Gasteiger partial charge is 0.476 e. The van der Waals surface area contributed by atoms with E-state index in [9.17, 15) is 18.0 Å². The van der Waals surface area contributed by atoms with Crippen LogP contribution in [-0.2, 0) is 0 Å². The fraction of sp³-hybridized carbons (Fsp3) is 0.143. The Morgan fingerprint density at radius 3 is 2.57 bits per heavy atom. The summed E-state index contributed by atoms with van der Waals surface area (Å²) in [6.45, 7) is 0. The lowest BCUT2D eigenvalue weighted by molar-refractivity contribution is 0.0683. The highest BCUT2D eigenvalue weighted by molar-refractivity contribution is 6.31. The average Bonchev–Trinajstić information content (AvgIpc) is 2.02. The Bertz CT molecular complexity index is 383. The maximum atomic E-state index is 13.0. The molecule has 7 heteroatoms. The Morgan fingerprint density at radius 1 is 1.57 bits per heavy atom. The number of rotatable bonds is 2. The number of carboxylic acids is 1. The lowest BCUT2D eigenvalue weighted by Gasteiger charge is -2.05. The summed E-state index contributed by atoms with van der Waals surface area (Å²) in [5.41, 5.74) is -2.20. The number of nitrogens with zero attached hydrogens (tertiary/aromatic N) is 1. The maximum Gasteiger partial charge on any atom is 0.357 e. The molecule has 0 fully saturated rings. The van der Waals surface area contributed by atoms with Crippen molar-refractivity contribution in [3.63, 3.8) is 0 Å². The van der Waals surface area contributed by atoms with Gasteiger partial charge in [0, 0.05) is 6.20 Å². The third-order valence-electron chi connectivity index (χ3n) is 1.43. The zero-order valence-corrected chi connectivity index (χ0v) is 7.23. The van der Waals surface area contributed by atoms with E-state index in [4.69, 9.17) is 16.7 Å². The summed E-state index contributed by atoms with van der Waals surface area (Å²) in [5.74, 6) is -3.32. The van der Waals surface area contributed by atoms with E-state index < -0.39 is 34.5 Å². The number of halogens is 4. The first kappa shape index (κ1) is 10.8. The molecule has 0 unspecified atom stereocenters. The van der Waals surface area contributed by atoms with Crippen molar-refractivity contribution in [2.45, 2.75) is 6.43 Å². The predicted molar refractivity (Wildman–Crippen MR) is 41.1 cm³/mol. The Morgan fingerprint density at radius 2 is 2.14 bits per heavy atom. The molecule has 0 saturated carbocycles. The Kier molecular flexibility index (Phi) is 2.95. The molecule has 0 bridgehead atoms. The van der Waals surface area contributed by atoms with E-state index in [1.54, 1.807) is 0 Å². The summed E-state index contributed by atoms with van der Waals surface area (Å²) in [6, 6.07) is 0.